The van der Waals surface area contributed by atoms with E-state index in [2.05, 4.69) is 10.1 Å². The molecule has 34 heavy (non-hydrogen) atoms. The van der Waals surface area contributed by atoms with Gasteiger partial charge in [-0.2, -0.15) is 0 Å². The fourth-order valence-electron chi connectivity index (χ4n) is 3.02. The van der Waals surface area contributed by atoms with E-state index in [1.165, 1.54) is 12.1 Å². The number of carbonyl (C=O) groups excluding carboxylic acids is 5. The Kier molecular flexibility index (Phi) is 9.36. The van der Waals surface area contributed by atoms with Crippen molar-refractivity contribution in [2.45, 2.75) is 39.0 Å². The molecule has 0 unspecified atom stereocenters. The summed E-state index contributed by atoms with van der Waals surface area (Å²) >= 11 is 0. The standard InChI is InChI=1S/C23H25NO10/c1-13(25)31-12-19(32-14(2)26)21(33-15(3)27)20(17-10-11-18(34-17)23(29)30-4)24-22(28)16-8-6-5-7-9-16/h5-11,19-21H,12H2,1-4H3,(H,24,28)/t19-,20+,21-/m1/s1. The molecule has 1 aromatic carbocycles. The average Bonchev–Trinajstić information content (AvgIpc) is 3.28. The monoisotopic (exact) mass is 475 g/mol. The maximum atomic E-state index is 12.9. The molecule has 0 saturated carbocycles. The Bertz CT molecular complexity index is 1030. The number of esters is 4. The lowest BCUT2D eigenvalue weighted by Crippen LogP contribution is -2.48. The summed E-state index contributed by atoms with van der Waals surface area (Å²) in [5.41, 5.74) is 0.276. The molecule has 0 radical (unpaired) electrons. The predicted molar refractivity (Wildman–Crippen MR) is 114 cm³/mol. The molecule has 11 heteroatoms. The molecule has 0 aliphatic carbocycles. The zero-order valence-electron chi connectivity index (χ0n) is 19.1. The van der Waals surface area contributed by atoms with Gasteiger partial charge in [-0.05, 0) is 24.3 Å². The zero-order chi connectivity index (χ0) is 25.3. The van der Waals surface area contributed by atoms with Crippen molar-refractivity contribution in [2.24, 2.45) is 0 Å². The van der Waals surface area contributed by atoms with Crippen LogP contribution in [0, 0.1) is 0 Å². The fourth-order valence-corrected chi connectivity index (χ4v) is 3.02. The molecule has 1 amide bonds. The van der Waals surface area contributed by atoms with E-state index in [4.69, 9.17) is 18.6 Å². The summed E-state index contributed by atoms with van der Waals surface area (Å²) in [6.45, 7) is 2.90. The lowest BCUT2D eigenvalue weighted by atomic mass is 10.0. The molecule has 0 saturated heterocycles. The van der Waals surface area contributed by atoms with E-state index in [0.717, 1.165) is 27.9 Å². The SMILES string of the molecule is COC(=O)c1ccc([C@H](NC(=O)c2ccccc2)[C@H](OC(C)=O)[C@@H](COC(C)=O)OC(C)=O)o1. The van der Waals surface area contributed by atoms with E-state index < -0.39 is 54.6 Å². The molecule has 1 aromatic heterocycles. The van der Waals surface area contributed by atoms with E-state index in [-0.39, 0.29) is 17.1 Å². The smallest absolute Gasteiger partial charge is 0.373 e. The first-order valence-corrected chi connectivity index (χ1v) is 10.1. The van der Waals surface area contributed by atoms with Crippen LogP contribution in [0.25, 0.3) is 0 Å². The highest BCUT2D eigenvalue weighted by Gasteiger charge is 2.39. The number of nitrogens with one attached hydrogen (secondary N) is 1. The van der Waals surface area contributed by atoms with Gasteiger partial charge in [0.15, 0.2) is 12.2 Å². The molecule has 0 spiro atoms. The number of carbonyl (C=O) groups is 5. The van der Waals surface area contributed by atoms with E-state index in [1.54, 1.807) is 30.3 Å². The Morgan fingerprint density at radius 3 is 2.09 bits per heavy atom. The molecule has 0 bridgehead atoms. The molecular formula is C23H25NO10. The van der Waals surface area contributed by atoms with Crippen molar-refractivity contribution in [3.63, 3.8) is 0 Å². The summed E-state index contributed by atoms with van der Waals surface area (Å²) < 4.78 is 25.8. The Hall–Kier alpha value is -4.15. The molecular weight excluding hydrogens is 450 g/mol. The highest BCUT2D eigenvalue weighted by atomic mass is 16.6. The van der Waals surface area contributed by atoms with Gasteiger partial charge in [0.2, 0.25) is 5.76 Å². The molecule has 3 atom stereocenters. The number of hydrogen-bond acceptors (Lipinski definition) is 10. The first-order valence-electron chi connectivity index (χ1n) is 10.1. The highest BCUT2D eigenvalue weighted by molar-refractivity contribution is 5.94. The van der Waals surface area contributed by atoms with E-state index >= 15 is 0 Å². The van der Waals surface area contributed by atoms with E-state index in [1.807, 2.05) is 0 Å². The van der Waals surface area contributed by atoms with E-state index in [9.17, 15) is 24.0 Å². The van der Waals surface area contributed by atoms with Crippen LogP contribution < -0.4 is 5.32 Å². The van der Waals surface area contributed by atoms with Crippen molar-refractivity contribution in [3.05, 3.63) is 59.5 Å². The summed E-state index contributed by atoms with van der Waals surface area (Å²) in [5, 5.41) is 2.67. The number of furan rings is 1. The number of benzene rings is 1. The van der Waals surface area contributed by atoms with Crippen molar-refractivity contribution in [1.82, 2.24) is 5.32 Å². The van der Waals surface area contributed by atoms with Gasteiger partial charge in [-0.25, -0.2) is 4.79 Å². The molecule has 0 fully saturated rings. The van der Waals surface area contributed by atoms with Gasteiger partial charge < -0.3 is 28.7 Å². The largest absolute Gasteiger partial charge is 0.463 e. The topological polar surface area (TPSA) is 147 Å². The number of methoxy groups -OCH3 is 1. The summed E-state index contributed by atoms with van der Waals surface area (Å²) in [4.78, 5) is 59.9. The van der Waals surface area contributed by atoms with Gasteiger partial charge in [-0.15, -0.1) is 0 Å². The Labute approximate surface area is 195 Å². The third-order valence-corrected chi connectivity index (χ3v) is 4.41. The van der Waals surface area contributed by atoms with Gasteiger partial charge in [-0.3, -0.25) is 19.2 Å². The number of amides is 1. The predicted octanol–water partition coefficient (Wildman–Crippen LogP) is 1.96. The minimum absolute atomic E-state index is 0.00379. The molecule has 1 heterocycles. The lowest BCUT2D eigenvalue weighted by Gasteiger charge is -2.31. The zero-order valence-corrected chi connectivity index (χ0v) is 19.1. The van der Waals surface area contributed by atoms with Crippen molar-refractivity contribution in [3.8, 4) is 0 Å². The molecule has 2 rings (SSSR count). The number of rotatable bonds is 10. The minimum atomic E-state index is -1.40. The molecule has 0 aliphatic rings. The van der Waals surface area contributed by atoms with Gasteiger partial charge in [0.25, 0.3) is 5.91 Å². The number of ether oxygens (including phenoxy) is 4. The maximum Gasteiger partial charge on any atom is 0.373 e. The summed E-state index contributed by atoms with van der Waals surface area (Å²) in [7, 11) is 1.16. The van der Waals surface area contributed by atoms with E-state index in [0.29, 0.717) is 0 Å². The quantitative estimate of drug-likeness (QED) is 0.399. The normalized spacial score (nSPS) is 13.1. The molecule has 11 nitrogen and oxygen atoms in total. The van der Waals surface area contributed by atoms with Gasteiger partial charge >= 0.3 is 23.9 Å². The third kappa shape index (κ3) is 7.47. The number of hydrogen-bond donors (Lipinski definition) is 1. The molecule has 0 aliphatic heterocycles. The summed E-state index contributed by atoms with van der Waals surface area (Å²) in [6.07, 6.45) is -2.72. The Morgan fingerprint density at radius 2 is 1.53 bits per heavy atom. The van der Waals surface area contributed by atoms with Crippen molar-refractivity contribution in [2.75, 3.05) is 13.7 Å². The van der Waals surface area contributed by atoms with Crippen LogP contribution in [0.3, 0.4) is 0 Å². The van der Waals surface area contributed by atoms with Crippen LogP contribution in [0.15, 0.2) is 46.9 Å². The van der Waals surface area contributed by atoms with Crippen LogP contribution >= 0.6 is 0 Å². The lowest BCUT2D eigenvalue weighted by molar-refractivity contribution is -0.175. The van der Waals surface area contributed by atoms with Crippen molar-refractivity contribution >= 4 is 29.8 Å². The molecule has 182 valence electrons. The third-order valence-electron chi connectivity index (χ3n) is 4.41. The second-order valence-corrected chi connectivity index (χ2v) is 7.04. The maximum absolute atomic E-state index is 12.9. The Morgan fingerprint density at radius 1 is 0.882 bits per heavy atom. The van der Waals surface area contributed by atoms with Gasteiger partial charge in [-0.1, -0.05) is 18.2 Å². The second kappa shape index (κ2) is 12.2. The highest BCUT2D eigenvalue weighted by Crippen LogP contribution is 2.27. The van der Waals surface area contributed by atoms with Crippen LogP contribution in [0.4, 0.5) is 0 Å². The van der Waals surface area contributed by atoms with Crippen molar-refractivity contribution in [1.29, 1.82) is 0 Å². The van der Waals surface area contributed by atoms with Gasteiger partial charge in [0, 0.05) is 26.3 Å². The van der Waals surface area contributed by atoms with Crippen LogP contribution in [0.2, 0.25) is 0 Å². The van der Waals surface area contributed by atoms with Crippen LogP contribution in [-0.4, -0.2) is 55.7 Å². The van der Waals surface area contributed by atoms with Gasteiger partial charge in [0.05, 0.1) is 7.11 Å². The summed E-state index contributed by atoms with van der Waals surface area (Å²) in [6, 6.07) is 9.55. The second-order valence-electron chi connectivity index (χ2n) is 7.04. The van der Waals surface area contributed by atoms with Crippen LogP contribution in [0.1, 0.15) is 53.5 Å². The van der Waals surface area contributed by atoms with Crippen LogP contribution in [-0.2, 0) is 33.3 Å². The minimum Gasteiger partial charge on any atom is -0.463 e. The summed E-state index contributed by atoms with van der Waals surface area (Å²) in [5.74, 6) is -3.74. The molecule has 1 N–H and O–H groups in total. The first kappa shape index (κ1) is 26.1. The fraction of sp³-hybridized carbons (Fsp3) is 0.348. The van der Waals surface area contributed by atoms with Crippen LogP contribution in [0.5, 0.6) is 0 Å². The first-order chi connectivity index (χ1) is 16.1. The average molecular weight is 475 g/mol. The molecule has 2 aromatic rings. The Balaban J connectivity index is 2.53. The van der Waals surface area contributed by atoms with Crippen molar-refractivity contribution < 1.29 is 47.3 Å². The van der Waals surface area contributed by atoms with Gasteiger partial charge in [0.1, 0.15) is 18.4 Å².